The van der Waals surface area contributed by atoms with Crippen molar-refractivity contribution >= 4 is 16.9 Å². The lowest BCUT2D eigenvalue weighted by Crippen LogP contribution is -2.44. The summed E-state index contributed by atoms with van der Waals surface area (Å²) in [6.07, 6.45) is -0.532. The number of carbonyl (C=O) groups is 1. The third-order valence-electron chi connectivity index (χ3n) is 3.85. The van der Waals surface area contributed by atoms with Crippen LogP contribution < -0.4 is 5.32 Å². The molecule has 1 fully saturated rings. The highest BCUT2D eigenvalue weighted by Gasteiger charge is 2.32. The van der Waals surface area contributed by atoms with Crippen molar-refractivity contribution < 1.29 is 14.3 Å². The van der Waals surface area contributed by atoms with Crippen LogP contribution in [0.25, 0.3) is 11.0 Å². The number of aliphatic hydroxyl groups excluding tert-OH is 1. The Hall–Kier alpha value is -1.85. The Morgan fingerprint density at radius 2 is 2.20 bits per heavy atom. The number of fused-ring (bicyclic) bond motifs is 1. The fourth-order valence-corrected chi connectivity index (χ4v) is 2.64. The largest absolute Gasteiger partial charge is 0.451 e. The van der Waals surface area contributed by atoms with Gasteiger partial charge in [-0.1, -0.05) is 11.6 Å². The van der Waals surface area contributed by atoms with E-state index in [1.54, 1.807) is 18.0 Å². The lowest BCUT2D eigenvalue weighted by molar-refractivity contribution is 0.0555. The molecule has 5 heteroatoms. The monoisotopic (exact) mass is 274 g/mol. The van der Waals surface area contributed by atoms with Gasteiger partial charge in [-0.3, -0.25) is 4.79 Å². The number of aliphatic hydroxyl groups is 1. The van der Waals surface area contributed by atoms with E-state index in [2.05, 4.69) is 5.32 Å². The molecule has 106 valence electrons. The van der Waals surface area contributed by atoms with Crippen molar-refractivity contribution in [1.82, 2.24) is 10.2 Å². The number of likely N-dealkylation sites (N-methyl/N-ethyl adjacent to an activating group) is 1. The highest BCUT2D eigenvalue weighted by Crippen LogP contribution is 2.22. The second-order valence-electron chi connectivity index (χ2n) is 5.36. The summed E-state index contributed by atoms with van der Waals surface area (Å²) >= 11 is 0. The molecular formula is C15H18N2O3. The van der Waals surface area contributed by atoms with Gasteiger partial charge in [0, 0.05) is 25.5 Å². The summed E-state index contributed by atoms with van der Waals surface area (Å²) in [4.78, 5) is 14.0. The Morgan fingerprint density at radius 1 is 1.40 bits per heavy atom. The fourth-order valence-electron chi connectivity index (χ4n) is 2.64. The number of nitrogens with one attached hydrogen (secondary N) is 1. The number of hydrogen-bond donors (Lipinski definition) is 2. The van der Waals surface area contributed by atoms with Crippen LogP contribution in [0.5, 0.6) is 0 Å². The number of nitrogens with zero attached hydrogens (tertiary/aromatic N) is 1. The Morgan fingerprint density at radius 3 is 2.90 bits per heavy atom. The zero-order valence-corrected chi connectivity index (χ0v) is 11.6. The maximum atomic E-state index is 12.4. The number of benzene rings is 1. The molecular weight excluding hydrogens is 256 g/mol. The Kier molecular flexibility index (Phi) is 3.23. The van der Waals surface area contributed by atoms with Crippen molar-refractivity contribution in [2.45, 2.75) is 19.1 Å². The van der Waals surface area contributed by atoms with Gasteiger partial charge in [-0.25, -0.2) is 0 Å². The van der Waals surface area contributed by atoms with Gasteiger partial charge in [-0.2, -0.15) is 0 Å². The molecule has 0 unspecified atom stereocenters. The predicted octanol–water partition coefficient (Wildman–Crippen LogP) is 1.15. The fraction of sp³-hybridized carbons (Fsp3) is 0.400. The van der Waals surface area contributed by atoms with Crippen molar-refractivity contribution in [3.8, 4) is 0 Å². The van der Waals surface area contributed by atoms with E-state index in [4.69, 9.17) is 4.42 Å². The summed E-state index contributed by atoms with van der Waals surface area (Å²) < 4.78 is 5.61. The molecule has 20 heavy (non-hydrogen) atoms. The maximum Gasteiger partial charge on any atom is 0.289 e. The van der Waals surface area contributed by atoms with Gasteiger partial charge in [0.2, 0.25) is 0 Å². The Labute approximate surface area is 117 Å². The van der Waals surface area contributed by atoms with Gasteiger partial charge < -0.3 is 19.7 Å². The number of rotatable bonds is 2. The topological polar surface area (TPSA) is 65.7 Å². The van der Waals surface area contributed by atoms with Gasteiger partial charge in [0.05, 0.1) is 12.1 Å². The van der Waals surface area contributed by atoms with E-state index < -0.39 is 6.10 Å². The van der Waals surface area contributed by atoms with Gasteiger partial charge in [0.15, 0.2) is 5.76 Å². The van der Waals surface area contributed by atoms with E-state index in [0.29, 0.717) is 24.4 Å². The smallest absolute Gasteiger partial charge is 0.289 e. The van der Waals surface area contributed by atoms with E-state index in [1.807, 2.05) is 25.1 Å². The zero-order chi connectivity index (χ0) is 14.3. The van der Waals surface area contributed by atoms with Crippen LogP contribution in [0.1, 0.15) is 16.1 Å². The van der Waals surface area contributed by atoms with Crippen LogP contribution in [0, 0.1) is 6.92 Å². The van der Waals surface area contributed by atoms with Crippen molar-refractivity contribution in [1.29, 1.82) is 0 Å². The van der Waals surface area contributed by atoms with Crippen LogP contribution in [0.15, 0.2) is 28.7 Å². The number of furan rings is 1. The van der Waals surface area contributed by atoms with Crippen molar-refractivity contribution in [3.63, 3.8) is 0 Å². The lowest BCUT2D eigenvalue weighted by Gasteiger charge is -2.25. The quantitative estimate of drug-likeness (QED) is 0.862. The Balaban J connectivity index is 1.88. The van der Waals surface area contributed by atoms with E-state index in [-0.39, 0.29) is 11.9 Å². The first-order chi connectivity index (χ1) is 9.56. The molecule has 0 saturated carbocycles. The van der Waals surface area contributed by atoms with Gasteiger partial charge in [0.1, 0.15) is 5.58 Å². The third-order valence-corrected chi connectivity index (χ3v) is 3.85. The standard InChI is InChI=1S/C15H18N2O3/c1-9-3-4-13-10(5-9)6-14(20-13)15(19)17(2)11-7-16-8-12(11)18/h3-6,11-12,16,18H,7-8H2,1-2H3/t11-,12-/m0/s1. The molecule has 0 radical (unpaired) electrons. The van der Waals surface area contributed by atoms with Crippen LogP contribution in [0.4, 0.5) is 0 Å². The predicted molar refractivity (Wildman–Crippen MR) is 75.7 cm³/mol. The summed E-state index contributed by atoms with van der Waals surface area (Å²) in [5, 5.41) is 13.8. The molecule has 2 N–H and O–H groups in total. The first-order valence-corrected chi connectivity index (χ1v) is 6.72. The van der Waals surface area contributed by atoms with Crippen LogP contribution in [-0.2, 0) is 0 Å². The molecule has 2 aromatic rings. The summed E-state index contributed by atoms with van der Waals surface area (Å²) in [5.41, 5.74) is 1.83. The van der Waals surface area contributed by atoms with E-state index in [1.165, 1.54) is 0 Å². The molecule has 1 aliphatic rings. The first kappa shape index (κ1) is 13.1. The molecule has 1 aromatic heterocycles. The molecule has 3 rings (SSSR count). The molecule has 1 amide bonds. The molecule has 0 spiro atoms. The number of carbonyl (C=O) groups excluding carboxylic acids is 1. The number of β-amino-alcohol motifs (C(OH)–C–C–N with tert-alkyl or cyclic N) is 1. The normalized spacial score (nSPS) is 22.4. The van der Waals surface area contributed by atoms with Crippen LogP contribution >= 0.6 is 0 Å². The third kappa shape index (κ3) is 2.19. The van der Waals surface area contributed by atoms with Gasteiger partial charge in [0.25, 0.3) is 5.91 Å². The minimum absolute atomic E-state index is 0.202. The molecule has 0 bridgehead atoms. The van der Waals surface area contributed by atoms with Crippen LogP contribution in [0.3, 0.4) is 0 Å². The number of hydrogen-bond acceptors (Lipinski definition) is 4. The minimum atomic E-state index is -0.532. The summed E-state index contributed by atoms with van der Waals surface area (Å²) in [5.74, 6) is 0.110. The SMILES string of the molecule is Cc1ccc2oc(C(=O)N(C)[C@H]3CNC[C@@H]3O)cc2c1. The maximum absolute atomic E-state index is 12.4. The average Bonchev–Trinajstić information content (AvgIpc) is 3.02. The second kappa shape index (κ2) is 4.92. The summed E-state index contributed by atoms with van der Waals surface area (Å²) in [6.45, 7) is 3.12. The van der Waals surface area contributed by atoms with Gasteiger partial charge in [-0.05, 0) is 25.1 Å². The molecule has 2 heterocycles. The number of aryl methyl sites for hydroxylation is 1. The van der Waals surface area contributed by atoms with E-state index in [0.717, 1.165) is 10.9 Å². The van der Waals surface area contributed by atoms with E-state index >= 15 is 0 Å². The molecule has 1 saturated heterocycles. The van der Waals surface area contributed by atoms with Crippen LogP contribution in [0.2, 0.25) is 0 Å². The Bertz CT molecular complexity index is 650. The molecule has 1 aromatic carbocycles. The summed E-state index contributed by atoms with van der Waals surface area (Å²) in [7, 11) is 1.70. The van der Waals surface area contributed by atoms with Crippen molar-refractivity contribution in [2.75, 3.05) is 20.1 Å². The molecule has 2 atom stereocenters. The average molecular weight is 274 g/mol. The molecule has 0 aliphatic carbocycles. The zero-order valence-electron chi connectivity index (χ0n) is 11.6. The number of amides is 1. The van der Waals surface area contributed by atoms with Gasteiger partial charge in [-0.15, -0.1) is 0 Å². The molecule has 5 nitrogen and oxygen atoms in total. The molecule has 1 aliphatic heterocycles. The first-order valence-electron chi connectivity index (χ1n) is 6.72. The lowest BCUT2D eigenvalue weighted by atomic mass is 10.1. The minimum Gasteiger partial charge on any atom is -0.451 e. The second-order valence-corrected chi connectivity index (χ2v) is 5.36. The highest BCUT2D eigenvalue weighted by molar-refractivity contribution is 5.96. The van der Waals surface area contributed by atoms with Crippen LogP contribution in [-0.4, -0.2) is 48.2 Å². The highest BCUT2D eigenvalue weighted by atomic mass is 16.3. The van der Waals surface area contributed by atoms with E-state index in [9.17, 15) is 9.90 Å². The van der Waals surface area contributed by atoms with Crippen molar-refractivity contribution in [3.05, 3.63) is 35.6 Å². The van der Waals surface area contributed by atoms with Crippen molar-refractivity contribution in [2.24, 2.45) is 0 Å². The summed E-state index contributed by atoms with van der Waals surface area (Å²) in [6, 6.07) is 7.36. The van der Waals surface area contributed by atoms with Gasteiger partial charge >= 0.3 is 0 Å².